The zero-order valence-corrected chi connectivity index (χ0v) is 15.7. The van der Waals surface area contributed by atoms with Gasteiger partial charge in [-0.25, -0.2) is 12.4 Å². The van der Waals surface area contributed by atoms with Gasteiger partial charge in [0, 0.05) is 17.6 Å². The molecule has 3 rings (SSSR count). The average molecular weight is 435 g/mol. The highest BCUT2D eigenvalue weighted by atomic mass is 32.2. The Hall–Kier alpha value is -2.73. The van der Waals surface area contributed by atoms with Crippen molar-refractivity contribution < 1.29 is 38.9 Å². The summed E-state index contributed by atoms with van der Waals surface area (Å²) in [6.45, 7) is 0. The van der Waals surface area contributed by atoms with E-state index in [1.807, 2.05) is 0 Å². The number of methoxy groups -OCH3 is 1. The standard InChI is InChI=1S/C16H12F3NO6S2/c1-25-14-10-13-11(9-15(14)26-28(23,24)16(17,18)19)7-8-20(13)27(21,22)12-5-3-2-4-6-12/h2-10H,1H3. The van der Waals surface area contributed by atoms with Crippen molar-refractivity contribution in [3.8, 4) is 11.5 Å². The summed E-state index contributed by atoms with van der Waals surface area (Å²) in [6, 6.07) is 10.8. The molecule has 0 spiro atoms. The summed E-state index contributed by atoms with van der Waals surface area (Å²) in [6.07, 6.45) is 1.19. The zero-order valence-electron chi connectivity index (χ0n) is 14.0. The minimum Gasteiger partial charge on any atom is -0.493 e. The first kappa shape index (κ1) is 20.0. The molecule has 0 aliphatic carbocycles. The van der Waals surface area contributed by atoms with E-state index in [0.717, 1.165) is 23.2 Å². The summed E-state index contributed by atoms with van der Waals surface area (Å²) in [7, 11) is -8.84. The minimum absolute atomic E-state index is 0.00792. The van der Waals surface area contributed by atoms with Crippen LogP contribution in [0, 0.1) is 0 Å². The zero-order chi connectivity index (χ0) is 20.7. The van der Waals surface area contributed by atoms with E-state index in [4.69, 9.17) is 4.74 Å². The number of benzene rings is 2. The maximum Gasteiger partial charge on any atom is 0.534 e. The van der Waals surface area contributed by atoms with Crippen LogP contribution in [0.2, 0.25) is 0 Å². The Labute approximate surface area is 158 Å². The van der Waals surface area contributed by atoms with Crippen LogP contribution >= 0.6 is 0 Å². The van der Waals surface area contributed by atoms with Crippen LogP contribution in [0.1, 0.15) is 0 Å². The van der Waals surface area contributed by atoms with Crippen molar-refractivity contribution in [3.05, 3.63) is 54.7 Å². The van der Waals surface area contributed by atoms with Gasteiger partial charge in [-0.05, 0) is 24.3 Å². The van der Waals surface area contributed by atoms with Crippen molar-refractivity contribution in [1.82, 2.24) is 3.97 Å². The first-order valence-electron chi connectivity index (χ1n) is 7.48. The number of fused-ring (bicyclic) bond motifs is 1. The van der Waals surface area contributed by atoms with Gasteiger partial charge in [0.05, 0.1) is 17.5 Å². The molecule has 0 N–H and O–H groups in total. The number of hydrogen-bond donors (Lipinski definition) is 0. The van der Waals surface area contributed by atoms with Gasteiger partial charge in [0.25, 0.3) is 10.0 Å². The van der Waals surface area contributed by atoms with Gasteiger partial charge in [0.15, 0.2) is 11.5 Å². The Balaban J connectivity index is 2.15. The van der Waals surface area contributed by atoms with Crippen LogP contribution in [0.25, 0.3) is 10.9 Å². The van der Waals surface area contributed by atoms with Crippen LogP contribution in [0.5, 0.6) is 11.5 Å². The summed E-state index contributed by atoms with van der Waals surface area (Å²) in [5.74, 6) is -1.11. The van der Waals surface area contributed by atoms with Gasteiger partial charge < -0.3 is 8.92 Å². The van der Waals surface area contributed by atoms with Gasteiger partial charge in [-0.1, -0.05) is 18.2 Å². The Morgan fingerprint density at radius 3 is 2.14 bits per heavy atom. The third kappa shape index (κ3) is 3.40. The molecule has 0 atom stereocenters. The molecule has 0 aliphatic heterocycles. The Morgan fingerprint density at radius 1 is 0.929 bits per heavy atom. The molecule has 3 aromatic rings. The maximum atomic E-state index is 12.8. The second-order valence-corrected chi connectivity index (χ2v) is 8.83. The Bertz CT molecular complexity index is 1230. The smallest absolute Gasteiger partial charge is 0.493 e. The highest BCUT2D eigenvalue weighted by Gasteiger charge is 2.49. The number of hydrogen-bond acceptors (Lipinski definition) is 6. The molecule has 12 heteroatoms. The van der Waals surface area contributed by atoms with Gasteiger partial charge >= 0.3 is 15.6 Å². The normalized spacial score (nSPS) is 12.9. The molecule has 0 radical (unpaired) electrons. The molecular weight excluding hydrogens is 423 g/mol. The molecule has 0 saturated carbocycles. The lowest BCUT2D eigenvalue weighted by Gasteiger charge is -2.13. The minimum atomic E-state index is -5.92. The number of nitrogens with zero attached hydrogens (tertiary/aromatic N) is 1. The van der Waals surface area contributed by atoms with E-state index in [1.165, 1.54) is 36.5 Å². The largest absolute Gasteiger partial charge is 0.534 e. The number of aromatic nitrogens is 1. The number of ether oxygens (including phenoxy) is 1. The Kier molecular flexibility index (Phi) is 4.79. The fraction of sp³-hybridized carbons (Fsp3) is 0.125. The molecule has 1 heterocycles. The van der Waals surface area contributed by atoms with Crippen LogP contribution < -0.4 is 8.92 Å². The molecule has 2 aromatic carbocycles. The van der Waals surface area contributed by atoms with Crippen LogP contribution in [-0.2, 0) is 20.1 Å². The van der Waals surface area contributed by atoms with Crippen LogP contribution in [0.4, 0.5) is 13.2 Å². The van der Waals surface area contributed by atoms with E-state index in [9.17, 15) is 30.0 Å². The lowest BCUT2D eigenvalue weighted by atomic mass is 10.2. The molecule has 0 unspecified atom stereocenters. The third-order valence-electron chi connectivity index (χ3n) is 3.72. The summed E-state index contributed by atoms with van der Waals surface area (Å²) >= 11 is 0. The molecule has 0 bridgehead atoms. The van der Waals surface area contributed by atoms with E-state index in [-0.39, 0.29) is 21.5 Å². The lowest BCUT2D eigenvalue weighted by Crippen LogP contribution is -2.28. The topological polar surface area (TPSA) is 91.7 Å². The van der Waals surface area contributed by atoms with Crippen molar-refractivity contribution in [2.75, 3.05) is 7.11 Å². The van der Waals surface area contributed by atoms with Gasteiger partial charge in [0.1, 0.15) is 0 Å². The fourth-order valence-corrected chi connectivity index (χ4v) is 4.25. The molecular formula is C16H12F3NO6S2. The number of halogens is 3. The van der Waals surface area contributed by atoms with Crippen molar-refractivity contribution in [1.29, 1.82) is 0 Å². The molecule has 0 aliphatic rings. The van der Waals surface area contributed by atoms with Crippen molar-refractivity contribution in [3.63, 3.8) is 0 Å². The maximum absolute atomic E-state index is 12.8. The summed E-state index contributed by atoms with van der Waals surface area (Å²) < 4.78 is 95.8. The van der Waals surface area contributed by atoms with Crippen molar-refractivity contribution in [2.45, 2.75) is 10.4 Å². The predicted molar refractivity (Wildman–Crippen MR) is 93.1 cm³/mol. The van der Waals surface area contributed by atoms with Crippen LogP contribution in [-0.4, -0.2) is 33.4 Å². The molecule has 150 valence electrons. The Morgan fingerprint density at radius 2 is 1.57 bits per heavy atom. The van der Waals surface area contributed by atoms with E-state index in [0.29, 0.717) is 0 Å². The average Bonchev–Trinajstić information content (AvgIpc) is 3.04. The second-order valence-electron chi connectivity index (χ2n) is 5.47. The number of rotatable bonds is 5. The molecule has 0 amide bonds. The number of alkyl halides is 3. The fourth-order valence-electron chi connectivity index (χ4n) is 2.42. The van der Waals surface area contributed by atoms with E-state index >= 15 is 0 Å². The van der Waals surface area contributed by atoms with Crippen molar-refractivity contribution in [2.24, 2.45) is 0 Å². The summed E-state index contributed by atoms with van der Waals surface area (Å²) in [4.78, 5) is -0.00792. The first-order valence-corrected chi connectivity index (χ1v) is 10.3. The van der Waals surface area contributed by atoms with E-state index < -0.39 is 31.4 Å². The predicted octanol–water partition coefficient (Wildman–Crippen LogP) is 3.12. The molecule has 1 aromatic heterocycles. The van der Waals surface area contributed by atoms with Crippen molar-refractivity contribution >= 4 is 31.0 Å². The monoisotopic (exact) mass is 435 g/mol. The van der Waals surface area contributed by atoms with Crippen LogP contribution in [0.3, 0.4) is 0 Å². The SMILES string of the molecule is COc1cc2c(ccn2S(=O)(=O)c2ccccc2)cc1OS(=O)(=O)C(F)(F)F. The van der Waals surface area contributed by atoms with Gasteiger partial charge in [-0.2, -0.15) is 21.6 Å². The highest BCUT2D eigenvalue weighted by Crippen LogP contribution is 2.37. The van der Waals surface area contributed by atoms with Crippen LogP contribution in [0.15, 0.2) is 59.6 Å². The van der Waals surface area contributed by atoms with E-state index in [2.05, 4.69) is 4.18 Å². The molecule has 7 nitrogen and oxygen atoms in total. The first-order chi connectivity index (χ1) is 13.0. The lowest BCUT2D eigenvalue weighted by molar-refractivity contribution is -0.0500. The van der Waals surface area contributed by atoms with Gasteiger partial charge in [0.2, 0.25) is 0 Å². The van der Waals surface area contributed by atoms with Gasteiger partial charge in [-0.15, -0.1) is 0 Å². The van der Waals surface area contributed by atoms with E-state index in [1.54, 1.807) is 6.07 Å². The molecule has 0 saturated heterocycles. The molecule has 28 heavy (non-hydrogen) atoms. The second kappa shape index (κ2) is 6.71. The quantitative estimate of drug-likeness (QED) is 0.452. The third-order valence-corrected chi connectivity index (χ3v) is 6.39. The summed E-state index contributed by atoms with van der Waals surface area (Å²) in [5.41, 5.74) is -5.56. The molecule has 0 fully saturated rings. The van der Waals surface area contributed by atoms with Gasteiger partial charge in [-0.3, -0.25) is 0 Å². The summed E-state index contributed by atoms with van der Waals surface area (Å²) in [5, 5.41) is 0.132. The highest BCUT2D eigenvalue weighted by molar-refractivity contribution is 7.90.